The van der Waals surface area contributed by atoms with Gasteiger partial charge in [-0.1, -0.05) is 6.92 Å². The van der Waals surface area contributed by atoms with Crippen LogP contribution in [0, 0.1) is 3.57 Å². The number of ether oxygens (including phenoxy) is 3. The molecule has 1 N–H and O–H groups in total. The monoisotopic (exact) mass is 482 g/mol. The van der Waals surface area contributed by atoms with Crippen LogP contribution in [0.25, 0.3) is 0 Å². The Morgan fingerprint density at radius 1 is 1.19 bits per heavy atom. The Morgan fingerprint density at radius 3 is 2.56 bits per heavy atom. The fourth-order valence-corrected chi connectivity index (χ4v) is 3.04. The first-order valence-corrected chi connectivity index (χ1v) is 9.73. The third-order valence-corrected chi connectivity index (χ3v) is 4.31. The van der Waals surface area contributed by atoms with Crippen molar-refractivity contribution in [2.24, 2.45) is 5.10 Å². The molecule has 0 saturated carbocycles. The van der Waals surface area contributed by atoms with Crippen LogP contribution in [0.5, 0.6) is 17.2 Å². The standard InChI is InChI=1S/C20H23IN2O4/c1-4-10-27-19-17(21)11-14(12-18(19)25-3)13-22-23-20(24)15-6-8-16(9-7-15)26-5-2/h6-9,11-13H,4-5,10H2,1-3H3,(H,23,24)/b22-13-. The molecule has 0 atom stereocenters. The first-order chi connectivity index (χ1) is 13.1. The SMILES string of the molecule is CCCOc1c(I)cc(/C=N\NC(=O)c2ccc(OCC)cc2)cc1OC. The minimum absolute atomic E-state index is 0.293. The number of hydrogen-bond donors (Lipinski definition) is 1. The van der Waals surface area contributed by atoms with Crippen LogP contribution in [0.15, 0.2) is 41.5 Å². The Balaban J connectivity index is 2.04. The van der Waals surface area contributed by atoms with E-state index >= 15 is 0 Å². The number of nitrogens with one attached hydrogen (secondary N) is 1. The largest absolute Gasteiger partial charge is 0.494 e. The second-order valence-electron chi connectivity index (χ2n) is 5.54. The van der Waals surface area contributed by atoms with Gasteiger partial charge in [-0.15, -0.1) is 0 Å². The molecule has 2 rings (SSSR count). The highest BCUT2D eigenvalue weighted by Crippen LogP contribution is 2.33. The van der Waals surface area contributed by atoms with Gasteiger partial charge in [0.15, 0.2) is 11.5 Å². The van der Waals surface area contributed by atoms with Crippen molar-refractivity contribution in [1.29, 1.82) is 0 Å². The van der Waals surface area contributed by atoms with E-state index < -0.39 is 0 Å². The minimum atomic E-state index is -0.293. The van der Waals surface area contributed by atoms with Gasteiger partial charge in [-0.25, -0.2) is 5.43 Å². The summed E-state index contributed by atoms with van der Waals surface area (Å²) in [6, 6.07) is 10.6. The minimum Gasteiger partial charge on any atom is -0.494 e. The molecule has 0 aliphatic carbocycles. The maximum atomic E-state index is 12.2. The van der Waals surface area contributed by atoms with Gasteiger partial charge in [-0.2, -0.15) is 5.10 Å². The number of amides is 1. The van der Waals surface area contributed by atoms with Crippen LogP contribution in [0.2, 0.25) is 0 Å². The molecule has 6 nitrogen and oxygen atoms in total. The number of benzene rings is 2. The third-order valence-electron chi connectivity index (χ3n) is 3.51. The molecule has 27 heavy (non-hydrogen) atoms. The number of rotatable bonds is 9. The molecule has 0 saturated heterocycles. The van der Waals surface area contributed by atoms with Crippen molar-refractivity contribution < 1.29 is 19.0 Å². The fourth-order valence-electron chi connectivity index (χ4n) is 2.26. The van der Waals surface area contributed by atoms with Crippen LogP contribution < -0.4 is 19.6 Å². The maximum Gasteiger partial charge on any atom is 0.271 e. The van der Waals surface area contributed by atoms with E-state index in [1.165, 1.54) is 0 Å². The molecule has 0 bridgehead atoms. The number of hydrazone groups is 1. The van der Waals surface area contributed by atoms with Crippen molar-refractivity contribution in [1.82, 2.24) is 5.43 Å². The number of carbonyl (C=O) groups excluding carboxylic acids is 1. The van der Waals surface area contributed by atoms with Crippen LogP contribution in [0.4, 0.5) is 0 Å². The summed E-state index contributed by atoms with van der Waals surface area (Å²) in [5.41, 5.74) is 3.82. The molecule has 2 aromatic carbocycles. The van der Waals surface area contributed by atoms with Gasteiger partial charge in [0.2, 0.25) is 0 Å². The maximum absolute atomic E-state index is 12.2. The number of methoxy groups -OCH3 is 1. The third kappa shape index (κ3) is 6.13. The normalized spacial score (nSPS) is 10.7. The predicted octanol–water partition coefficient (Wildman–Crippen LogP) is 4.25. The highest BCUT2D eigenvalue weighted by atomic mass is 127. The smallest absolute Gasteiger partial charge is 0.271 e. The molecule has 0 aliphatic heterocycles. The van der Waals surface area contributed by atoms with Crippen molar-refractivity contribution in [3.05, 3.63) is 51.1 Å². The average Bonchev–Trinajstić information content (AvgIpc) is 2.67. The second kappa shape index (κ2) is 10.8. The van der Waals surface area contributed by atoms with E-state index in [9.17, 15) is 4.79 Å². The number of halogens is 1. The molecule has 1 amide bonds. The fraction of sp³-hybridized carbons (Fsp3) is 0.300. The molecule has 0 spiro atoms. The highest BCUT2D eigenvalue weighted by Gasteiger charge is 2.11. The summed E-state index contributed by atoms with van der Waals surface area (Å²) < 4.78 is 17.4. The molecular weight excluding hydrogens is 459 g/mol. The van der Waals surface area contributed by atoms with Crippen LogP contribution in [0.3, 0.4) is 0 Å². The van der Waals surface area contributed by atoms with Gasteiger partial charge in [-0.05, 0) is 77.9 Å². The zero-order valence-electron chi connectivity index (χ0n) is 15.6. The van der Waals surface area contributed by atoms with Gasteiger partial charge in [-0.3, -0.25) is 4.79 Å². The second-order valence-corrected chi connectivity index (χ2v) is 6.70. The van der Waals surface area contributed by atoms with Crippen molar-refractivity contribution in [3.63, 3.8) is 0 Å². The lowest BCUT2D eigenvalue weighted by molar-refractivity contribution is 0.0955. The molecule has 7 heteroatoms. The molecule has 0 aromatic heterocycles. The van der Waals surface area contributed by atoms with Crippen molar-refractivity contribution >= 4 is 34.7 Å². The molecule has 0 aliphatic rings. The summed E-state index contributed by atoms with van der Waals surface area (Å²) in [4.78, 5) is 12.2. The Hall–Kier alpha value is -2.29. The molecule has 0 radical (unpaired) electrons. The molecule has 2 aromatic rings. The van der Waals surface area contributed by atoms with Crippen molar-refractivity contribution in [2.45, 2.75) is 20.3 Å². The first kappa shape index (κ1) is 21.0. The zero-order valence-corrected chi connectivity index (χ0v) is 17.8. The number of carbonyl (C=O) groups is 1. The van der Waals surface area contributed by atoms with Crippen molar-refractivity contribution in [3.8, 4) is 17.2 Å². The van der Waals surface area contributed by atoms with Crippen molar-refractivity contribution in [2.75, 3.05) is 20.3 Å². The van der Waals surface area contributed by atoms with Crippen LogP contribution >= 0.6 is 22.6 Å². The topological polar surface area (TPSA) is 69.2 Å². The van der Waals surface area contributed by atoms with E-state index in [1.54, 1.807) is 37.6 Å². The number of hydrogen-bond acceptors (Lipinski definition) is 5. The van der Waals surface area contributed by atoms with Crippen LogP contribution in [-0.2, 0) is 0 Å². The number of nitrogens with zero attached hydrogens (tertiary/aromatic N) is 1. The Labute approximate surface area is 173 Å². The highest BCUT2D eigenvalue weighted by molar-refractivity contribution is 14.1. The average molecular weight is 482 g/mol. The van der Waals surface area contributed by atoms with E-state index in [0.29, 0.717) is 24.5 Å². The molecular formula is C20H23IN2O4. The van der Waals surface area contributed by atoms with E-state index in [0.717, 1.165) is 27.1 Å². The van der Waals surface area contributed by atoms with Gasteiger partial charge in [0.25, 0.3) is 5.91 Å². The summed E-state index contributed by atoms with van der Waals surface area (Å²) in [7, 11) is 1.60. The zero-order chi connectivity index (χ0) is 19.6. The molecule has 144 valence electrons. The summed E-state index contributed by atoms with van der Waals surface area (Å²) in [5, 5.41) is 4.03. The van der Waals surface area contributed by atoms with E-state index in [-0.39, 0.29) is 5.91 Å². The summed E-state index contributed by atoms with van der Waals surface area (Å²) in [6.45, 7) is 5.17. The van der Waals surface area contributed by atoms with Crippen LogP contribution in [-0.4, -0.2) is 32.4 Å². The lowest BCUT2D eigenvalue weighted by Gasteiger charge is -2.12. The summed E-state index contributed by atoms with van der Waals surface area (Å²) in [6.07, 6.45) is 2.49. The molecule has 0 fully saturated rings. The Morgan fingerprint density at radius 2 is 1.93 bits per heavy atom. The summed E-state index contributed by atoms with van der Waals surface area (Å²) >= 11 is 2.19. The lowest BCUT2D eigenvalue weighted by atomic mass is 10.2. The van der Waals surface area contributed by atoms with Gasteiger partial charge in [0, 0.05) is 5.56 Å². The van der Waals surface area contributed by atoms with Gasteiger partial charge < -0.3 is 14.2 Å². The molecule has 0 unspecified atom stereocenters. The van der Waals surface area contributed by atoms with E-state index in [2.05, 4.69) is 33.1 Å². The molecule has 0 heterocycles. The first-order valence-electron chi connectivity index (χ1n) is 8.65. The Bertz CT molecular complexity index is 791. The van der Waals surface area contributed by atoms with Gasteiger partial charge in [0.05, 0.1) is 30.1 Å². The predicted molar refractivity (Wildman–Crippen MR) is 114 cm³/mol. The summed E-state index contributed by atoms with van der Waals surface area (Å²) in [5.74, 6) is 1.79. The lowest BCUT2D eigenvalue weighted by Crippen LogP contribution is -2.17. The van der Waals surface area contributed by atoms with Crippen LogP contribution in [0.1, 0.15) is 36.2 Å². The Kier molecular flexibility index (Phi) is 8.38. The quantitative estimate of drug-likeness (QED) is 0.330. The van der Waals surface area contributed by atoms with E-state index in [1.807, 2.05) is 26.0 Å². The van der Waals surface area contributed by atoms with Gasteiger partial charge in [0.1, 0.15) is 5.75 Å². The van der Waals surface area contributed by atoms with Gasteiger partial charge >= 0.3 is 0 Å². The van der Waals surface area contributed by atoms with E-state index in [4.69, 9.17) is 14.2 Å².